The molecule has 2 bridgehead atoms. The van der Waals surface area contributed by atoms with Crippen LogP contribution in [0.5, 0.6) is 0 Å². The van der Waals surface area contributed by atoms with Crippen LogP contribution in [0.1, 0.15) is 34.1 Å². The van der Waals surface area contributed by atoms with Crippen LogP contribution >= 0.6 is 0 Å². The Labute approximate surface area is 193 Å². The highest BCUT2D eigenvalue weighted by Crippen LogP contribution is 2.29. The molecule has 0 saturated carbocycles. The molecular formula is C26H42N4O2+2. The fraction of sp³-hybridized carbons (Fsp3) is 0.692. The molecule has 32 heavy (non-hydrogen) atoms. The smallest absolute Gasteiger partial charge is 0.282 e. The molecule has 0 spiro atoms. The largest absolute Gasteiger partial charge is 0.337 e. The van der Waals surface area contributed by atoms with Crippen LogP contribution in [0.3, 0.4) is 0 Å². The molecule has 4 fully saturated rings. The lowest BCUT2D eigenvalue weighted by Crippen LogP contribution is -2.77. The Bertz CT molecular complexity index is 790. The molecule has 6 nitrogen and oxygen atoms in total. The second-order valence-electron chi connectivity index (χ2n) is 11.3. The lowest BCUT2D eigenvalue weighted by molar-refractivity contribution is -1.07. The summed E-state index contributed by atoms with van der Waals surface area (Å²) in [5.74, 6) is 1.78. The Balaban J connectivity index is 1.37. The molecule has 0 radical (unpaired) electrons. The van der Waals surface area contributed by atoms with Gasteiger partial charge in [-0.3, -0.25) is 9.59 Å². The zero-order chi connectivity index (χ0) is 22.9. The highest BCUT2D eigenvalue weighted by atomic mass is 16.2. The molecule has 4 saturated heterocycles. The lowest BCUT2D eigenvalue weighted by atomic mass is 9.92. The first-order valence-electron chi connectivity index (χ1n) is 12.6. The molecule has 2 amide bonds. The number of piperidine rings is 1. The van der Waals surface area contributed by atoms with E-state index in [0.29, 0.717) is 30.8 Å². The summed E-state index contributed by atoms with van der Waals surface area (Å²) >= 11 is 0. The van der Waals surface area contributed by atoms with Gasteiger partial charge in [0, 0.05) is 24.8 Å². The third kappa shape index (κ3) is 4.86. The Morgan fingerprint density at radius 2 is 1.41 bits per heavy atom. The molecule has 5 rings (SSSR count). The van der Waals surface area contributed by atoms with Crippen molar-refractivity contribution in [1.29, 1.82) is 0 Å². The zero-order valence-corrected chi connectivity index (χ0v) is 20.5. The van der Waals surface area contributed by atoms with Crippen LogP contribution < -0.4 is 4.90 Å². The summed E-state index contributed by atoms with van der Waals surface area (Å²) in [6.45, 7) is 17.8. The molecule has 0 N–H and O–H groups in total. The number of benzene rings is 1. The number of piperazine rings is 3. The number of likely N-dealkylation sites (tertiary alicyclic amines) is 1. The van der Waals surface area contributed by atoms with E-state index in [9.17, 15) is 9.59 Å². The molecular weight excluding hydrogens is 400 g/mol. The maximum Gasteiger partial charge on any atom is 0.282 e. The van der Waals surface area contributed by atoms with Crippen molar-refractivity contribution in [2.75, 3.05) is 70.3 Å². The third-order valence-electron chi connectivity index (χ3n) is 8.13. The van der Waals surface area contributed by atoms with Crippen molar-refractivity contribution < 1.29 is 18.6 Å². The second-order valence-corrected chi connectivity index (χ2v) is 11.3. The molecule has 4 heterocycles. The number of anilines is 1. The van der Waals surface area contributed by atoms with Crippen LogP contribution in [0.4, 0.5) is 5.69 Å². The third-order valence-corrected chi connectivity index (χ3v) is 8.13. The molecule has 0 aliphatic carbocycles. The van der Waals surface area contributed by atoms with Gasteiger partial charge in [-0.15, -0.1) is 0 Å². The SMILES string of the molecule is CC1CC(C)CN(C(=O)C[N+]23CC[N+](CC(=O)N(c4ccccc4)C(C)C)(CC2)CC3)C1. The second kappa shape index (κ2) is 9.14. The van der Waals surface area contributed by atoms with Crippen LogP contribution in [0.15, 0.2) is 30.3 Å². The summed E-state index contributed by atoms with van der Waals surface area (Å²) < 4.78 is 1.82. The van der Waals surface area contributed by atoms with E-state index in [4.69, 9.17) is 0 Å². The number of quaternary nitrogens is 2. The lowest BCUT2D eigenvalue weighted by Gasteiger charge is -2.55. The van der Waals surface area contributed by atoms with E-state index < -0.39 is 0 Å². The number of carbonyl (C=O) groups excluding carboxylic acids is 2. The van der Waals surface area contributed by atoms with Gasteiger partial charge in [-0.25, -0.2) is 0 Å². The van der Waals surface area contributed by atoms with E-state index in [-0.39, 0.29) is 11.9 Å². The molecule has 176 valence electrons. The van der Waals surface area contributed by atoms with Crippen molar-refractivity contribution in [2.45, 2.75) is 40.2 Å². The Kier molecular flexibility index (Phi) is 6.64. The van der Waals surface area contributed by atoms with Crippen molar-refractivity contribution in [3.05, 3.63) is 30.3 Å². The maximum absolute atomic E-state index is 13.4. The average Bonchev–Trinajstić information content (AvgIpc) is 2.75. The van der Waals surface area contributed by atoms with Gasteiger partial charge in [0.1, 0.15) is 39.3 Å². The summed E-state index contributed by atoms with van der Waals surface area (Å²) in [6, 6.07) is 10.2. The highest BCUT2D eigenvalue weighted by Gasteiger charge is 2.51. The topological polar surface area (TPSA) is 40.6 Å². The van der Waals surface area contributed by atoms with Gasteiger partial charge < -0.3 is 18.8 Å². The predicted octanol–water partition coefficient (Wildman–Crippen LogP) is 2.59. The Hall–Kier alpha value is -1.92. The minimum absolute atomic E-state index is 0.138. The van der Waals surface area contributed by atoms with Crippen molar-refractivity contribution in [2.24, 2.45) is 11.8 Å². The van der Waals surface area contributed by atoms with Gasteiger partial charge in [0.05, 0.1) is 0 Å². The summed E-state index contributed by atoms with van der Waals surface area (Å²) in [4.78, 5) is 30.7. The van der Waals surface area contributed by atoms with Crippen LogP contribution in [-0.2, 0) is 9.59 Å². The number of fused-ring (bicyclic) bond motifs is 3. The number of rotatable bonds is 6. The molecule has 4 aliphatic heterocycles. The quantitative estimate of drug-likeness (QED) is 0.636. The fourth-order valence-electron chi connectivity index (χ4n) is 6.35. The van der Waals surface area contributed by atoms with Gasteiger partial charge in [0.15, 0.2) is 13.1 Å². The summed E-state index contributed by atoms with van der Waals surface area (Å²) in [5, 5.41) is 0. The van der Waals surface area contributed by atoms with Gasteiger partial charge in [-0.1, -0.05) is 32.0 Å². The molecule has 1 aromatic carbocycles. The average molecular weight is 443 g/mol. The van der Waals surface area contributed by atoms with E-state index in [0.717, 1.165) is 67.0 Å². The monoisotopic (exact) mass is 442 g/mol. The van der Waals surface area contributed by atoms with E-state index >= 15 is 0 Å². The van der Waals surface area contributed by atoms with Crippen molar-refractivity contribution in [1.82, 2.24) is 4.90 Å². The fourth-order valence-corrected chi connectivity index (χ4v) is 6.35. The van der Waals surface area contributed by atoms with Gasteiger partial charge in [-0.05, 0) is 44.2 Å². The molecule has 0 aromatic heterocycles. The standard InChI is InChI=1S/C26H42N4O2/c1-21(2)28(24-8-6-5-7-9-24)26(32)20-30-13-10-29(11-14-30,12-15-30)19-25(31)27-17-22(3)16-23(4)18-27/h5-9,21-23H,10-20H2,1-4H3/q+2. The molecule has 2 atom stereocenters. The van der Waals surface area contributed by atoms with Crippen LogP contribution in [0.25, 0.3) is 0 Å². The molecule has 6 heteroatoms. The number of para-hydroxylation sites is 1. The van der Waals surface area contributed by atoms with Crippen LogP contribution in [-0.4, -0.2) is 97.2 Å². The maximum atomic E-state index is 13.4. The van der Waals surface area contributed by atoms with Gasteiger partial charge >= 0.3 is 0 Å². The van der Waals surface area contributed by atoms with E-state index in [1.54, 1.807) is 0 Å². The number of hydrogen-bond donors (Lipinski definition) is 0. The number of amides is 2. The minimum Gasteiger partial charge on any atom is -0.337 e. The number of hydrogen-bond acceptors (Lipinski definition) is 2. The van der Waals surface area contributed by atoms with Gasteiger partial charge in [0.2, 0.25) is 0 Å². The summed E-state index contributed by atoms with van der Waals surface area (Å²) in [7, 11) is 0. The van der Waals surface area contributed by atoms with Crippen LogP contribution in [0, 0.1) is 11.8 Å². The Morgan fingerprint density at radius 1 is 0.906 bits per heavy atom. The zero-order valence-electron chi connectivity index (χ0n) is 20.5. The molecule has 4 aliphatic rings. The van der Waals surface area contributed by atoms with E-state index in [1.807, 2.05) is 35.2 Å². The first-order chi connectivity index (χ1) is 15.2. The normalized spacial score (nSPS) is 32.2. The molecule has 2 unspecified atom stereocenters. The Morgan fingerprint density at radius 3 is 1.91 bits per heavy atom. The van der Waals surface area contributed by atoms with Gasteiger partial charge in [0.25, 0.3) is 11.8 Å². The van der Waals surface area contributed by atoms with Crippen LogP contribution in [0.2, 0.25) is 0 Å². The van der Waals surface area contributed by atoms with Gasteiger partial charge in [-0.2, -0.15) is 0 Å². The summed E-state index contributed by atoms with van der Waals surface area (Å²) in [5.41, 5.74) is 0.987. The van der Waals surface area contributed by atoms with E-state index in [1.165, 1.54) is 6.42 Å². The van der Waals surface area contributed by atoms with Crippen molar-refractivity contribution >= 4 is 17.5 Å². The minimum atomic E-state index is 0.138. The number of carbonyl (C=O) groups is 2. The first kappa shape index (κ1) is 23.2. The van der Waals surface area contributed by atoms with E-state index in [2.05, 4.69) is 32.6 Å². The first-order valence-corrected chi connectivity index (χ1v) is 12.6. The number of nitrogens with zero attached hydrogens (tertiary/aromatic N) is 4. The van der Waals surface area contributed by atoms with Crippen molar-refractivity contribution in [3.8, 4) is 0 Å². The van der Waals surface area contributed by atoms with Crippen molar-refractivity contribution in [3.63, 3.8) is 0 Å². The molecule has 1 aromatic rings. The summed E-state index contributed by atoms with van der Waals surface area (Å²) in [6.07, 6.45) is 1.23. The predicted molar refractivity (Wildman–Crippen MR) is 128 cm³/mol. The highest BCUT2D eigenvalue weighted by molar-refractivity contribution is 5.94.